The van der Waals surface area contributed by atoms with Gasteiger partial charge in [-0.3, -0.25) is 0 Å². The third-order valence-corrected chi connectivity index (χ3v) is 4.58. The predicted molar refractivity (Wildman–Crippen MR) is 93.8 cm³/mol. The molecule has 5 nitrogen and oxygen atoms in total. The molecule has 0 amide bonds. The van der Waals surface area contributed by atoms with Gasteiger partial charge in [0.2, 0.25) is 5.95 Å². The molecule has 1 aromatic carbocycles. The van der Waals surface area contributed by atoms with E-state index in [1.165, 1.54) is 11.1 Å². The average molecular weight is 305 g/mol. The summed E-state index contributed by atoms with van der Waals surface area (Å²) in [6.07, 6.45) is 3.73. The van der Waals surface area contributed by atoms with Gasteiger partial charge in [0, 0.05) is 46.6 Å². The number of H-pyrrole nitrogens is 1. The van der Waals surface area contributed by atoms with Crippen LogP contribution in [0.1, 0.15) is 25.0 Å². The minimum Gasteiger partial charge on any atom is -0.384 e. The molecule has 5 heteroatoms. The number of nitrogens with zero attached hydrogens (tertiary/aromatic N) is 2. The zero-order chi connectivity index (χ0) is 16.2. The first-order valence-electron chi connectivity index (χ1n) is 7.63. The summed E-state index contributed by atoms with van der Waals surface area (Å²) in [7, 11) is 0. The van der Waals surface area contributed by atoms with Crippen LogP contribution in [0.4, 0.5) is 5.95 Å². The van der Waals surface area contributed by atoms with Gasteiger partial charge in [-0.25, -0.2) is 4.98 Å². The van der Waals surface area contributed by atoms with Gasteiger partial charge < -0.3 is 16.0 Å². The summed E-state index contributed by atoms with van der Waals surface area (Å²) in [4.78, 5) is 11.5. The normalized spacial score (nSPS) is 16.2. The van der Waals surface area contributed by atoms with E-state index in [4.69, 9.17) is 5.73 Å². The van der Waals surface area contributed by atoms with Crippen LogP contribution in [-0.2, 0) is 5.41 Å². The Morgan fingerprint density at radius 1 is 1.26 bits per heavy atom. The average Bonchev–Trinajstić information content (AvgIpc) is 2.94. The van der Waals surface area contributed by atoms with Crippen molar-refractivity contribution >= 4 is 22.7 Å². The van der Waals surface area contributed by atoms with Crippen molar-refractivity contribution < 1.29 is 0 Å². The molecule has 2 aromatic heterocycles. The number of rotatable bonds is 1. The zero-order valence-corrected chi connectivity index (χ0v) is 13.3. The highest BCUT2D eigenvalue weighted by Gasteiger charge is 2.29. The molecule has 0 saturated carbocycles. The smallest absolute Gasteiger partial charge is 0.221 e. The molecular weight excluding hydrogens is 286 g/mol. The van der Waals surface area contributed by atoms with E-state index in [-0.39, 0.29) is 11.4 Å². The van der Waals surface area contributed by atoms with Crippen LogP contribution in [-0.4, -0.2) is 21.5 Å². The van der Waals surface area contributed by atoms with E-state index in [1.54, 1.807) is 6.20 Å². The van der Waals surface area contributed by atoms with Gasteiger partial charge in [0.1, 0.15) is 5.65 Å². The largest absolute Gasteiger partial charge is 0.384 e. The number of nitrogen functional groups attached to an aromatic ring is 1. The van der Waals surface area contributed by atoms with Crippen LogP contribution in [0.2, 0.25) is 0 Å². The highest BCUT2D eigenvalue weighted by atomic mass is 15.0. The van der Waals surface area contributed by atoms with E-state index in [1.807, 2.05) is 6.20 Å². The molecule has 0 spiro atoms. The first-order valence-corrected chi connectivity index (χ1v) is 7.63. The Morgan fingerprint density at radius 3 is 2.91 bits per heavy atom. The molecule has 0 unspecified atom stereocenters. The first-order chi connectivity index (χ1) is 11.0. The van der Waals surface area contributed by atoms with Crippen LogP contribution in [0.25, 0.3) is 27.9 Å². The molecule has 0 saturated heterocycles. The Labute approximate surface area is 134 Å². The van der Waals surface area contributed by atoms with E-state index >= 15 is 0 Å². The standard InChI is InChI=1S/C18H19N5/c1-10-12-5-4-11(6-15(12)18(2,3)9-22-10)13-7-20-16-14(13)8-21-17(19)23-16/h4-8,22H,1,9H2,2-3H3,(H3,19,20,21,23). The molecule has 3 heterocycles. The molecule has 0 bridgehead atoms. The van der Waals surface area contributed by atoms with Gasteiger partial charge >= 0.3 is 0 Å². The second-order valence-corrected chi connectivity index (χ2v) is 6.67. The fraction of sp³-hybridized carbons (Fsp3) is 0.222. The number of aromatic amines is 1. The molecule has 3 aromatic rings. The van der Waals surface area contributed by atoms with Crippen molar-refractivity contribution in [2.75, 3.05) is 12.3 Å². The number of fused-ring (bicyclic) bond motifs is 2. The van der Waals surface area contributed by atoms with Crippen molar-refractivity contribution in [3.05, 3.63) is 48.3 Å². The Morgan fingerprint density at radius 2 is 2.09 bits per heavy atom. The van der Waals surface area contributed by atoms with Gasteiger partial charge in [0.05, 0.1) is 0 Å². The predicted octanol–water partition coefficient (Wildman–Crippen LogP) is 3.06. The highest BCUT2D eigenvalue weighted by Crippen LogP contribution is 2.37. The van der Waals surface area contributed by atoms with E-state index in [0.29, 0.717) is 0 Å². The lowest BCUT2D eigenvalue weighted by Gasteiger charge is -2.35. The van der Waals surface area contributed by atoms with Crippen molar-refractivity contribution in [2.45, 2.75) is 19.3 Å². The van der Waals surface area contributed by atoms with E-state index in [0.717, 1.165) is 34.4 Å². The number of nitrogens with one attached hydrogen (secondary N) is 2. The molecule has 4 N–H and O–H groups in total. The quantitative estimate of drug-likeness (QED) is 0.645. The molecule has 23 heavy (non-hydrogen) atoms. The van der Waals surface area contributed by atoms with Crippen LogP contribution >= 0.6 is 0 Å². The summed E-state index contributed by atoms with van der Waals surface area (Å²) >= 11 is 0. The summed E-state index contributed by atoms with van der Waals surface area (Å²) in [5, 5.41) is 4.36. The Balaban J connectivity index is 1.91. The molecule has 0 fully saturated rings. The number of aromatic nitrogens is 3. The Kier molecular flexibility index (Phi) is 2.75. The second-order valence-electron chi connectivity index (χ2n) is 6.67. The number of anilines is 1. The van der Waals surface area contributed by atoms with Crippen LogP contribution in [0.15, 0.2) is 37.2 Å². The van der Waals surface area contributed by atoms with Crippen molar-refractivity contribution in [2.24, 2.45) is 0 Å². The van der Waals surface area contributed by atoms with Gasteiger partial charge in [-0.2, -0.15) is 4.98 Å². The lowest BCUT2D eigenvalue weighted by atomic mass is 9.77. The number of hydrogen-bond acceptors (Lipinski definition) is 4. The van der Waals surface area contributed by atoms with Crippen LogP contribution in [0, 0.1) is 0 Å². The van der Waals surface area contributed by atoms with Crippen molar-refractivity contribution in [1.82, 2.24) is 20.3 Å². The van der Waals surface area contributed by atoms with Crippen LogP contribution < -0.4 is 11.1 Å². The number of hydrogen-bond donors (Lipinski definition) is 3. The monoisotopic (exact) mass is 305 g/mol. The topological polar surface area (TPSA) is 79.6 Å². The molecule has 116 valence electrons. The third-order valence-electron chi connectivity index (χ3n) is 4.58. The van der Waals surface area contributed by atoms with Gasteiger partial charge in [0.15, 0.2) is 0 Å². The molecule has 1 aliphatic heterocycles. The van der Waals surface area contributed by atoms with Crippen molar-refractivity contribution in [3.8, 4) is 11.1 Å². The molecule has 0 radical (unpaired) electrons. The molecule has 4 rings (SSSR count). The summed E-state index contributed by atoms with van der Waals surface area (Å²) in [6.45, 7) is 9.49. The van der Waals surface area contributed by atoms with Crippen LogP contribution in [0.5, 0.6) is 0 Å². The van der Waals surface area contributed by atoms with E-state index < -0.39 is 0 Å². The molecule has 1 aliphatic rings. The maximum absolute atomic E-state index is 5.65. The lowest BCUT2D eigenvalue weighted by molar-refractivity contribution is 0.493. The summed E-state index contributed by atoms with van der Waals surface area (Å²) in [5.41, 5.74) is 12.2. The van der Waals surface area contributed by atoms with Gasteiger partial charge in [-0.05, 0) is 17.2 Å². The fourth-order valence-corrected chi connectivity index (χ4v) is 3.21. The second kappa shape index (κ2) is 4.59. The summed E-state index contributed by atoms with van der Waals surface area (Å²) < 4.78 is 0. The highest BCUT2D eigenvalue weighted by molar-refractivity contribution is 5.94. The summed E-state index contributed by atoms with van der Waals surface area (Å²) in [5.74, 6) is 0.278. The third kappa shape index (κ3) is 2.08. The number of benzene rings is 1. The molecule has 0 aliphatic carbocycles. The van der Waals surface area contributed by atoms with Crippen LogP contribution in [0.3, 0.4) is 0 Å². The van der Waals surface area contributed by atoms with Crippen molar-refractivity contribution in [1.29, 1.82) is 0 Å². The fourth-order valence-electron chi connectivity index (χ4n) is 3.21. The maximum Gasteiger partial charge on any atom is 0.221 e. The van der Waals surface area contributed by atoms with Gasteiger partial charge in [-0.1, -0.05) is 32.6 Å². The minimum atomic E-state index is 0.0551. The summed E-state index contributed by atoms with van der Waals surface area (Å²) in [6, 6.07) is 6.50. The SMILES string of the molecule is C=C1NCC(C)(C)c2cc(-c3c[nH]c4nc(N)ncc34)ccc21. The van der Waals surface area contributed by atoms with Crippen molar-refractivity contribution in [3.63, 3.8) is 0 Å². The molecule has 0 atom stereocenters. The lowest BCUT2D eigenvalue weighted by Crippen LogP contribution is -2.37. The van der Waals surface area contributed by atoms with Gasteiger partial charge in [-0.15, -0.1) is 0 Å². The minimum absolute atomic E-state index is 0.0551. The molecular formula is C18H19N5. The van der Waals surface area contributed by atoms with E-state index in [9.17, 15) is 0 Å². The first kappa shape index (κ1) is 13.8. The maximum atomic E-state index is 5.65. The number of nitrogens with two attached hydrogens (primary N) is 1. The van der Waals surface area contributed by atoms with E-state index in [2.05, 4.69) is 58.9 Å². The van der Waals surface area contributed by atoms with Gasteiger partial charge in [0.25, 0.3) is 0 Å². The zero-order valence-electron chi connectivity index (χ0n) is 13.3. The Bertz CT molecular complexity index is 936. The Hall–Kier alpha value is -2.82.